The molecule has 0 bridgehead atoms. The Morgan fingerprint density at radius 2 is 1.59 bits per heavy atom. The van der Waals surface area contributed by atoms with Crippen LogP contribution in [0.15, 0.2) is 71.8 Å². The third-order valence-electron chi connectivity index (χ3n) is 4.37. The molecular formula is C22H15Cl3N4. The number of hydrazone groups is 1. The summed E-state index contributed by atoms with van der Waals surface area (Å²) >= 11 is 18.3. The number of aromatic nitrogens is 2. The summed E-state index contributed by atoms with van der Waals surface area (Å²) in [6.07, 6.45) is 0. The first-order valence-electron chi connectivity index (χ1n) is 8.80. The van der Waals surface area contributed by atoms with E-state index >= 15 is 0 Å². The molecule has 4 rings (SSSR count). The maximum Gasteiger partial charge on any atom is 0.163 e. The molecule has 0 aliphatic heterocycles. The van der Waals surface area contributed by atoms with Crippen LogP contribution in [0.25, 0.3) is 22.3 Å². The van der Waals surface area contributed by atoms with Crippen molar-refractivity contribution in [2.75, 3.05) is 5.43 Å². The van der Waals surface area contributed by atoms with Crippen molar-refractivity contribution < 1.29 is 0 Å². The number of para-hydroxylation sites is 1. The number of nitrogens with zero attached hydrogens (tertiary/aromatic N) is 3. The van der Waals surface area contributed by atoms with Gasteiger partial charge in [0.15, 0.2) is 11.6 Å². The molecule has 4 aromatic rings. The van der Waals surface area contributed by atoms with Crippen LogP contribution in [0.1, 0.15) is 12.5 Å². The first-order valence-corrected chi connectivity index (χ1v) is 9.93. The number of hydrogen-bond acceptors (Lipinski definition) is 4. The van der Waals surface area contributed by atoms with Gasteiger partial charge in [-0.1, -0.05) is 59.1 Å². The van der Waals surface area contributed by atoms with Crippen LogP contribution in [0.2, 0.25) is 15.1 Å². The zero-order chi connectivity index (χ0) is 20.4. The monoisotopic (exact) mass is 440 g/mol. The van der Waals surface area contributed by atoms with Crippen molar-refractivity contribution in [3.05, 3.63) is 87.4 Å². The van der Waals surface area contributed by atoms with Crippen LogP contribution in [-0.4, -0.2) is 15.7 Å². The van der Waals surface area contributed by atoms with E-state index in [0.717, 1.165) is 22.2 Å². The standard InChI is InChI=1S/C22H15Cl3N4/c1-13(14-6-8-15(23)9-7-14)28-29-22-18-4-2-3-5-20(18)26-21(27-22)17-11-10-16(24)12-19(17)25/h2-12H,1H3,(H,26,27,29)/b28-13+. The number of halogens is 3. The van der Waals surface area contributed by atoms with Gasteiger partial charge in [-0.3, -0.25) is 5.43 Å². The van der Waals surface area contributed by atoms with Crippen molar-refractivity contribution in [1.29, 1.82) is 0 Å². The van der Waals surface area contributed by atoms with Gasteiger partial charge in [-0.2, -0.15) is 5.10 Å². The Kier molecular flexibility index (Phi) is 5.67. The zero-order valence-electron chi connectivity index (χ0n) is 15.3. The fourth-order valence-corrected chi connectivity index (χ4v) is 3.46. The molecule has 0 saturated heterocycles. The highest BCUT2D eigenvalue weighted by molar-refractivity contribution is 6.36. The second-order valence-corrected chi connectivity index (χ2v) is 7.63. The van der Waals surface area contributed by atoms with E-state index in [0.29, 0.717) is 32.3 Å². The highest BCUT2D eigenvalue weighted by Crippen LogP contribution is 2.31. The summed E-state index contributed by atoms with van der Waals surface area (Å²) in [5.41, 5.74) is 6.32. The van der Waals surface area contributed by atoms with E-state index in [4.69, 9.17) is 34.8 Å². The van der Waals surface area contributed by atoms with Gasteiger partial charge in [0.1, 0.15) is 0 Å². The zero-order valence-corrected chi connectivity index (χ0v) is 17.6. The summed E-state index contributed by atoms with van der Waals surface area (Å²) in [7, 11) is 0. The highest BCUT2D eigenvalue weighted by atomic mass is 35.5. The van der Waals surface area contributed by atoms with Gasteiger partial charge in [-0.25, -0.2) is 9.97 Å². The van der Waals surface area contributed by atoms with E-state index in [1.54, 1.807) is 18.2 Å². The molecule has 29 heavy (non-hydrogen) atoms. The van der Waals surface area contributed by atoms with Crippen LogP contribution in [0.4, 0.5) is 5.82 Å². The molecule has 144 valence electrons. The smallest absolute Gasteiger partial charge is 0.163 e. The van der Waals surface area contributed by atoms with Crippen LogP contribution in [0.3, 0.4) is 0 Å². The van der Waals surface area contributed by atoms with Gasteiger partial charge in [0.2, 0.25) is 0 Å². The topological polar surface area (TPSA) is 50.2 Å². The van der Waals surface area contributed by atoms with E-state index in [9.17, 15) is 0 Å². The molecule has 0 unspecified atom stereocenters. The number of nitrogens with one attached hydrogen (secondary N) is 1. The van der Waals surface area contributed by atoms with Crippen molar-refractivity contribution in [3.8, 4) is 11.4 Å². The van der Waals surface area contributed by atoms with Crippen LogP contribution in [-0.2, 0) is 0 Å². The Labute approximate surface area is 183 Å². The average Bonchev–Trinajstić information content (AvgIpc) is 2.72. The Morgan fingerprint density at radius 1 is 0.862 bits per heavy atom. The summed E-state index contributed by atoms with van der Waals surface area (Å²) in [5.74, 6) is 1.08. The number of anilines is 1. The number of fused-ring (bicyclic) bond motifs is 1. The molecule has 1 N–H and O–H groups in total. The van der Waals surface area contributed by atoms with Crippen LogP contribution in [0.5, 0.6) is 0 Å². The lowest BCUT2D eigenvalue weighted by Crippen LogP contribution is -2.03. The second kappa shape index (κ2) is 8.37. The van der Waals surface area contributed by atoms with Gasteiger partial charge >= 0.3 is 0 Å². The Hall–Kier alpha value is -2.66. The van der Waals surface area contributed by atoms with Crippen LogP contribution in [0, 0.1) is 0 Å². The minimum Gasteiger partial charge on any atom is -0.260 e. The van der Waals surface area contributed by atoms with Gasteiger partial charge < -0.3 is 0 Å². The van der Waals surface area contributed by atoms with Crippen LogP contribution >= 0.6 is 34.8 Å². The normalized spacial score (nSPS) is 11.7. The fourth-order valence-electron chi connectivity index (χ4n) is 2.85. The van der Waals surface area contributed by atoms with Crippen molar-refractivity contribution >= 4 is 57.2 Å². The molecule has 0 aliphatic carbocycles. The molecule has 1 aromatic heterocycles. The fraction of sp³-hybridized carbons (Fsp3) is 0.0455. The second-order valence-electron chi connectivity index (χ2n) is 6.35. The summed E-state index contributed by atoms with van der Waals surface area (Å²) in [6.45, 7) is 1.91. The van der Waals surface area contributed by atoms with E-state index in [2.05, 4.69) is 20.5 Å². The lowest BCUT2D eigenvalue weighted by molar-refractivity contribution is 1.18. The van der Waals surface area contributed by atoms with Gasteiger partial charge in [0.25, 0.3) is 0 Å². The third kappa shape index (κ3) is 4.35. The molecule has 0 aliphatic rings. The van der Waals surface area contributed by atoms with Crippen molar-refractivity contribution in [3.63, 3.8) is 0 Å². The molecule has 3 aromatic carbocycles. The van der Waals surface area contributed by atoms with Gasteiger partial charge in [-0.05, 0) is 55.0 Å². The first kappa shape index (κ1) is 19.6. The van der Waals surface area contributed by atoms with Gasteiger partial charge in [-0.15, -0.1) is 0 Å². The molecule has 0 saturated carbocycles. The molecule has 0 atom stereocenters. The minimum absolute atomic E-state index is 0.486. The molecule has 0 amide bonds. The number of benzene rings is 3. The predicted molar refractivity (Wildman–Crippen MR) is 122 cm³/mol. The van der Waals surface area contributed by atoms with Crippen LogP contribution < -0.4 is 5.43 Å². The Bertz CT molecular complexity index is 1220. The van der Waals surface area contributed by atoms with Gasteiger partial charge in [0, 0.05) is 21.0 Å². The van der Waals surface area contributed by atoms with E-state index in [1.807, 2.05) is 55.5 Å². The van der Waals surface area contributed by atoms with Crippen molar-refractivity contribution in [1.82, 2.24) is 9.97 Å². The molecule has 7 heteroatoms. The molecule has 4 nitrogen and oxygen atoms in total. The van der Waals surface area contributed by atoms with E-state index < -0.39 is 0 Å². The summed E-state index contributed by atoms with van der Waals surface area (Å²) in [4.78, 5) is 9.31. The lowest BCUT2D eigenvalue weighted by Gasteiger charge is -2.10. The number of rotatable bonds is 4. The SMILES string of the molecule is C/C(=N\Nc1nc(-c2ccc(Cl)cc2Cl)nc2ccccc12)c1ccc(Cl)cc1. The maximum atomic E-state index is 6.36. The van der Waals surface area contributed by atoms with E-state index in [-0.39, 0.29) is 0 Å². The summed E-state index contributed by atoms with van der Waals surface area (Å²) in [5, 5.41) is 7.07. The minimum atomic E-state index is 0.486. The maximum absolute atomic E-state index is 6.36. The molecule has 0 spiro atoms. The number of hydrogen-bond donors (Lipinski definition) is 1. The molecule has 0 radical (unpaired) electrons. The molecular weight excluding hydrogens is 427 g/mol. The summed E-state index contributed by atoms with van der Waals surface area (Å²) < 4.78 is 0. The predicted octanol–water partition coefficient (Wildman–Crippen LogP) is 7.09. The Balaban J connectivity index is 1.76. The molecule has 1 heterocycles. The molecule has 0 fully saturated rings. The average molecular weight is 442 g/mol. The summed E-state index contributed by atoms with van der Waals surface area (Å²) in [6, 6.07) is 20.5. The third-order valence-corrected chi connectivity index (χ3v) is 5.17. The van der Waals surface area contributed by atoms with Gasteiger partial charge in [0.05, 0.1) is 16.3 Å². The largest absolute Gasteiger partial charge is 0.260 e. The van der Waals surface area contributed by atoms with Crippen molar-refractivity contribution in [2.45, 2.75) is 6.92 Å². The van der Waals surface area contributed by atoms with Crippen molar-refractivity contribution in [2.24, 2.45) is 5.10 Å². The quantitative estimate of drug-likeness (QED) is 0.271. The highest BCUT2D eigenvalue weighted by Gasteiger charge is 2.12. The van der Waals surface area contributed by atoms with E-state index in [1.165, 1.54) is 0 Å². The lowest BCUT2D eigenvalue weighted by atomic mass is 10.1. The first-order chi connectivity index (χ1) is 14.0. The Morgan fingerprint density at radius 3 is 2.34 bits per heavy atom.